The van der Waals surface area contributed by atoms with Gasteiger partial charge in [-0.05, 0) is 43.5 Å². The summed E-state index contributed by atoms with van der Waals surface area (Å²) < 4.78 is 39.8. The Morgan fingerprint density at radius 1 is 1.28 bits per heavy atom. The molecule has 0 saturated carbocycles. The summed E-state index contributed by atoms with van der Waals surface area (Å²) in [5.74, 6) is -1.06. The zero-order valence-corrected chi connectivity index (χ0v) is 18.8. The summed E-state index contributed by atoms with van der Waals surface area (Å²) in [5, 5.41) is 0.319. The number of unbranched alkanes of at least 4 members (excludes halogenated alkanes) is 2. The van der Waals surface area contributed by atoms with Gasteiger partial charge >= 0.3 is 0 Å². The van der Waals surface area contributed by atoms with E-state index >= 15 is 0 Å². The van der Waals surface area contributed by atoms with E-state index in [1.165, 1.54) is 11.0 Å². The van der Waals surface area contributed by atoms with Crippen molar-refractivity contribution in [3.63, 3.8) is 0 Å². The summed E-state index contributed by atoms with van der Waals surface area (Å²) >= 11 is 1.09. The summed E-state index contributed by atoms with van der Waals surface area (Å²) in [7, 11) is 0. The molecule has 1 aliphatic rings. The van der Waals surface area contributed by atoms with Crippen LogP contribution in [-0.4, -0.2) is 36.8 Å². The number of hydrogen-bond acceptors (Lipinski definition) is 5. The highest BCUT2D eigenvalue weighted by Crippen LogP contribution is 2.33. The molecule has 170 valence electrons. The fourth-order valence-corrected chi connectivity index (χ4v) is 4.73. The van der Waals surface area contributed by atoms with Crippen molar-refractivity contribution >= 4 is 32.6 Å². The van der Waals surface area contributed by atoms with Crippen molar-refractivity contribution < 1.29 is 23.0 Å². The third-order valence-electron chi connectivity index (χ3n) is 5.39. The number of fused-ring (bicyclic) bond motifs is 1. The van der Waals surface area contributed by atoms with Crippen LogP contribution in [0, 0.1) is 11.6 Å². The van der Waals surface area contributed by atoms with Crippen molar-refractivity contribution in [2.24, 2.45) is 0 Å². The minimum atomic E-state index is -0.741. The average molecular weight is 461 g/mol. The monoisotopic (exact) mass is 460 g/mol. The molecule has 2 heterocycles. The van der Waals surface area contributed by atoms with Gasteiger partial charge in [0.15, 0.2) is 10.9 Å². The highest BCUT2D eigenvalue weighted by molar-refractivity contribution is 7.22. The number of anilines is 1. The Morgan fingerprint density at radius 2 is 2.16 bits per heavy atom. The predicted molar refractivity (Wildman–Crippen MR) is 122 cm³/mol. The highest BCUT2D eigenvalue weighted by Gasteiger charge is 2.28. The molecule has 1 aliphatic heterocycles. The number of amides is 1. The molecular weight excluding hydrogens is 434 g/mol. The lowest BCUT2D eigenvalue weighted by molar-refractivity contribution is 0.0917. The molecule has 8 heteroatoms. The molecule has 0 aliphatic carbocycles. The Morgan fingerprint density at radius 3 is 2.94 bits per heavy atom. The molecule has 3 aromatic rings. The van der Waals surface area contributed by atoms with Gasteiger partial charge in [0, 0.05) is 18.2 Å². The Labute approximate surface area is 190 Å². The van der Waals surface area contributed by atoms with Crippen molar-refractivity contribution in [2.45, 2.75) is 45.1 Å². The Balaban J connectivity index is 1.62. The third-order valence-corrected chi connectivity index (χ3v) is 6.41. The van der Waals surface area contributed by atoms with Crippen molar-refractivity contribution in [3.05, 3.63) is 53.6 Å². The number of nitrogens with zero attached hydrogens (tertiary/aromatic N) is 2. The summed E-state index contributed by atoms with van der Waals surface area (Å²) in [5.41, 5.74) is 0.506. The van der Waals surface area contributed by atoms with Gasteiger partial charge in [0.25, 0.3) is 5.91 Å². The number of thiazole rings is 1. The van der Waals surface area contributed by atoms with Gasteiger partial charge < -0.3 is 9.47 Å². The van der Waals surface area contributed by atoms with E-state index < -0.39 is 11.6 Å². The Hall–Kier alpha value is -2.58. The molecule has 1 unspecified atom stereocenters. The quantitative estimate of drug-likeness (QED) is 0.369. The molecule has 5 nitrogen and oxygen atoms in total. The summed E-state index contributed by atoms with van der Waals surface area (Å²) in [4.78, 5) is 19.3. The number of carbonyl (C=O) groups excluding carboxylic acids is 1. The van der Waals surface area contributed by atoms with Crippen LogP contribution >= 0.6 is 11.3 Å². The molecule has 32 heavy (non-hydrogen) atoms. The van der Waals surface area contributed by atoms with E-state index in [0.717, 1.165) is 49.5 Å². The smallest absolute Gasteiger partial charge is 0.260 e. The highest BCUT2D eigenvalue weighted by atomic mass is 32.1. The van der Waals surface area contributed by atoms with E-state index in [4.69, 9.17) is 9.47 Å². The molecule has 0 radical (unpaired) electrons. The van der Waals surface area contributed by atoms with Gasteiger partial charge in [-0.25, -0.2) is 13.8 Å². The summed E-state index contributed by atoms with van der Waals surface area (Å²) in [6, 6.07) is 9.07. The molecule has 2 aromatic carbocycles. The zero-order chi connectivity index (χ0) is 22.5. The van der Waals surface area contributed by atoms with Gasteiger partial charge in [0.2, 0.25) is 0 Å². The minimum absolute atomic E-state index is 0.0598. The zero-order valence-electron chi connectivity index (χ0n) is 18.0. The minimum Gasteiger partial charge on any atom is -0.494 e. The molecule has 1 fully saturated rings. The van der Waals surface area contributed by atoms with Crippen molar-refractivity contribution in [2.75, 3.05) is 24.7 Å². The standard InChI is InChI=1S/C24H26F2N2O3S/c1-2-3-4-10-30-18-8-5-7-16(12-18)23(29)28(15-19-9-6-11-31-19)24-27-22-20(26)13-17(25)14-21(22)32-24/h5,7-8,12-14,19H,2-4,6,9-11,15H2,1H3. The normalized spacial score (nSPS) is 15.9. The first-order chi connectivity index (χ1) is 15.5. The number of rotatable bonds is 9. The lowest BCUT2D eigenvalue weighted by Gasteiger charge is -2.23. The van der Waals surface area contributed by atoms with Crippen molar-refractivity contribution in [3.8, 4) is 5.75 Å². The molecule has 1 amide bonds. The van der Waals surface area contributed by atoms with E-state index in [9.17, 15) is 13.6 Å². The molecule has 1 aromatic heterocycles. The van der Waals surface area contributed by atoms with Crippen LogP contribution in [0.3, 0.4) is 0 Å². The number of halogens is 2. The Kier molecular flexibility index (Phi) is 7.32. The summed E-state index contributed by atoms with van der Waals surface area (Å²) in [6.07, 6.45) is 4.77. The Bertz CT molecular complexity index is 1080. The van der Waals surface area contributed by atoms with E-state index in [2.05, 4.69) is 11.9 Å². The van der Waals surface area contributed by atoms with E-state index in [1.54, 1.807) is 18.2 Å². The first-order valence-corrected chi connectivity index (χ1v) is 11.8. The third kappa shape index (κ3) is 5.24. The number of hydrogen-bond donors (Lipinski definition) is 0. The van der Waals surface area contributed by atoms with E-state index in [0.29, 0.717) is 40.9 Å². The number of benzene rings is 2. The van der Waals surface area contributed by atoms with E-state index in [1.807, 2.05) is 6.07 Å². The maximum Gasteiger partial charge on any atom is 0.260 e. The largest absolute Gasteiger partial charge is 0.494 e. The van der Waals surface area contributed by atoms with Gasteiger partial charge in [-0.1, -0.05) is 37.2 Å². The van der Waals surface area contributed by atoms with Crippen LogP contribution in [0.25, 0.3) is 10.2 Å². The first kappa shape index (κ1) is 22.6. The topological polar surface area (TPSA) is 51.7 Å². The molecule has 0 bridgehead atoms. The average Bonchev–Trinajstić information content (AvgIpc) is 3.45. The van der Waals surface area contributed by atoms with Crippen LogP contribution in [0.5, 0.6) is 5.75 Å². The van der Waals surface area contributed by atoms with Gasteiger partial charge in [-0.15, -0.1) is 0 Å². The second kappa shape index (κ2) is 10.4. The van der Waals surface area contributed by atoms with Crippen LogP contribution in [0.1, 0.15) is 49.4 Å². The number of ether oxygens (including phenoxy) is 2. The van der Waals surface area contributed by atoms with Crippen LogP contribution < -0.4 is 9.64 Å². The molecule has 1 saturated heterocycles. The lowest BCUT2D eigenvalue weighted by atomic mass is 10.1. The first-order valence-electron chi connectivity index (χ1n) is 11.0. The molecular formula is C24H26F2N2O3S. The fourth-order valence-electron chi connectivity index (χ4n) is 3.72. The van der Waals surface area contributed by atoms with Crippen LogP contribution in [0.2, 0.25) is 0 Å². The predicted octanol–water partition coefficient (Wildman–Crippen LogP) is 5.97. The van der Waals surface area contributed by atoms with Crippen LogP contribution in [0.4, 0.5) is 13.9 Å². The SMILES string of the molecule is CCCCCOc1cccc(C(=O)N(CC2CCCO2)c2nc3c(F)cc(F)cc3s2)c1. The maximum atomic E-state index is 14.2. The number of carbonyl (C=O) groups is 1. The van der Waals surface area contributed by atoms with Gasteiger partial charge in [-0.2, -0.15) is 0 Å². The van der Waals surface area contributed by atoms with Crippen LogP contribution in [-0.2, 0) is 4.74 Å². The fraction of sp³-hybridized carbons (Fsp3) is 0.417. The van der Waals surface area contributed by atoms with Crippen molar-refractivity contribution in [1.29, 1.82) is 0 Å². The second-order valence-corrected chi connectivity index (χ2v) is 8.87. The molecule has 0 spiro atoms. The molecule has 0 N–H and O–H groups in total. The lowest BCUT2D eigenvalue weighted by Crippen LogP contribution is -2.37. The van der Waals surface area contributed by atoms with E-state index in [-0.39, 0.29) is 17.5 Å². The van der Waals surface area contributed by atoms with Gasteiger partial charge in [-0.3, -0.25) is 9.69 Å². The molecule has 4 rings (SSSR count). The second-order valence-electron chi connectivity index (χ2n) is 7.86. The van der Waals surface area contributed by atoms with Gasteiger partial charge in [0.05, 0.1) is 24.0 Å². The molecule has 1 atom stereocenters. The maximum absolute atomic E-state index is 14.2. The van der Waals surface area contributed by atoms with Gasteiger partial charge in [0.1, 0.15) is 17.1 Å². The van der Waals surface area contributed by atoms with Crippen LogP contribution in [0.15, 0.2) is 36.4 Å². The summed E-state index contributed by atoms with van der Waals surface area (Å²) in [6.45, 7) is 3.66. The van der Waals surface area contributed by atoms with Crippen molar-refractivity contribution in [1.82, 2.24) is 4.98 Å². The number of aromatic nitrogens is 1.